The van der Waals surface area contributed by atoms with Gasteiger partial charge in [0.25, 0.3) is 5.91 Å². The van der Waals surface area contributed by atoms with E-state index in [0.29, 0.717) is 16.7 Å². The van der Waals surface area contributed by atoms with Crippen molar-refractivity contribution in [3.63, 3.8) is 0 Å². The number of allylic oxidation sites excluding steroid dienone is 7. The zero-order valence-corrected chi connectivity index (χ0v) is 24.0. The molecule has 0 atom stereocenters. The van der Waals surface area contributed by atoms with Crippen molar-refractivity contribution >= 4 is 34.6 Å². The van der Waals surface area contributed by atoms with Crippen LogP contribution in [-0.4, -0.2) is 16.9 Å². The zero-order valence-electron chi connectivity index (χ0n) is 24.0. The Balaban J connectivity index is 0.000000594. The van der Waals surface area contributed by atoms with E-state index in [4.69, 9.17) is 10.2 Å². The first kappa shape index (κ1) is 32.6. The highest BCUT2D eigenvalue weighted by molar-refractivity contribution is 6.07. The fourth-order valence-electron chi connectivity index (χ4n) is 2.87. The molecule has 0 saturated heterocycles. The van der Waals surface area contributed by atoms with Crippen molar-refractivity contribution in [1.29, 1.82) is 0 Å². The van der Waals surface area contributed by atoms with Crippen LogP contribution >= 0.6 is 0 Å². The minimum atomic E-state index is -0.348. The SMILES string of the molecule is C/C=C\C.C=CC.CC(C)C.N/C(=N\c1nc2ccccc2o1)NC(=O)C1=CC=C(c2ccccc2)CC=C1. The molecule has 0 unspecified atom stereocenters. The summed E-state index contributed by atoms with van der Waals surface area (Å²) in [5.74, 6) is 0.404. The normalized spacial score (nSPS) is 12.5. The quantitative estimate of drug-likeness (QED) is 0.204. The van der Waals surface area contributed by atoms with E-state index in [9.17, 15) is 4.79 Å². The van der Waals surface area contributed by atoms with Crippen LogP contribution in [0.4, 0.5) is 6.01 Å². The van der Waals surface area contributed by atoms with E-state index in [1.54, 1.807) is 24.3 Å². The number of aromatic nitrogens is 1. The first-order chi connectivity index (χ1) is 18.7. The molecule has 0 radical (unpaired) electrons. The highest BCUT2D eigenvalue weighted by Gasteiger charge is 2.11. The molecule has 0 saturated carbocycles. The van der Waals surface area contributed by atoms with Gasteiger partial charge in [-0.05, 0) is 62.5 Å². The molecular weight excluding hydrogens is 484 g/mol. The molecule has 1 heterocycles. The van der Waals surface area contributed by atoms with Crippen molar-refractivity contribution in [2.75, 3.05) is 0 Å². The van der Waals surface area contributed by atoms with Gasteiger partial charge in [-0.25, -0.2) is 0 Å². The minimum Gasteiger partial charge on any atom is -0.422 e. The average Bonchev–Trinajstić information content (AvgIpc) is 3.14. The van der Waals surface area contributed by atoms with Gasteiger partial charge in [-0.3, -0.25) is 10.1 Å². The highest BCUT2D eigenvalue weighted by Crippen LogP contribution is 2.22. The molecule has 3 aromatic rings. The molecule has 1 amide bonds. The summed E-state index contributed by atoms with van der Waals surface area (Å²) in [6, 6.07) is 17.4. The Hall–Kier alpha value is -4.45. The summed E-state index contributed by atoms with van der Waals surface area (Å²) in [4.78, 5) is 20.7. The van der Waals surface area contributed by atoms with E-state index in [2.05, 4.69) is 42.6 Å². The lowest BCUT2D eigenvalue weighted by Crippen LogP contribution is -2.37. The summed E-state index contributed by atoms with van der Waals surface area (Å²) < 4.78 is 5.48. The van der Waals surface area contributed by atoms with Gasteiger partial charge < -0.3 is 10.2 Å². The maximum atomic E-state index is 12.5. The Bertz CT molecular complexity index is 1270. The van der Waals surface area contributed by atoms with Crippen LogP contribution in [0.1, 0.15) is 53.5 Å². The van der Waals surface area contributed by atoms with Crippen molar-refractivity contribution in [3.05, 3.63) is 115 Å². The van der Waals surface area contributed by atoms with Gasteiger partial charge in [0, 0.05) is 5.57 Å². The Morgan fingerprint density at radius 3 is 2.21 bits per heavy atom. The van der Waals surface area contributed by atoms with Crippen LogP contribution in [0.5, 0.6) is 0 Å². The molecule has 4 rings (SSSR count). The van der Waals surface area contributed by atoms with Gasteiger partial charge in [-0.15, -0.1) is 6.58 Å². The fraction of sp³-hybridized carbons (Fsp3) is 0.242. The number of nitrogens with zero attached hydrogens (tertiary/aromatic N) is 2. The summed E-state index contributed by atoms with van der Waals surface area (Å²) >= 11 is 0. The first-order valence-corrected chi connectivity index (χ1v) is 13.0. The maximum absolute atomic E-state index is 12.5. The zero-order chi connectivity index (χ0) is 29.0. The second-order valence-electron chi connectivity index (χ2n) is 9.01. The van der Waals surface area contributed by atoms with Crippen molar-refractivity contribution in [2.24, 2.45) is 16.6 Å². The van der Waals surface area contributed by atoms with E-state index in [0.717, 1.165) is 23.5 Å². The lowest BCUT2D eigenvalue weighted by Gasteiger charge is -2.03. The Kier molecular flexibility index (Phi) is 15.7. The predicted molar refractivity (Wildman–Crippen MR) is 167 cm³/mol. The number of benzene rings is 2. The van der Waals surface area contributed by atoms with Crippen molar-refractivity contribution in [2.45, 2.75) is 48.0 Å². The van der Waals surface area contributed by atoms with Gasteiger partial charge in [0.1, 0.15) is 5.52 Å². The van der Waals surface area contributed by atoms with Gasteiger partial charge in [-0.2, -0.15) is 9.98 Å². The van der Waals surface area contributed by atoms with Crippen LogP contribution in [0.3, 0.4) is 0 Å². The summed E-state index contributed by atoms with van der Waals surface area (Å²) in [6.07, 6.45) is 13.9. The average molecular weight is 527 g/mol. The van der Waals surface area contributed by atoms with Gasteiger partial charge >= 0.3 is 6.01 Å². The molecule has 0 fully saturated rings. The molecule has 39 heavy (non-hydrogen) atoms. The third kappa shape index (κ3) is 13.1. The second kappa shape index (κ2) is 18.7. The number of hydrogen-bond donors (Lipinski definition) is 2. The molecule has 6 nitrogen and oxygen atoms in total. The lowest BCUT2D eigenvalue weighted by atomic mass is 10.0. The molecule has 1 aliphatic carbocycles. The Morgan fingerprint density at radius 1 is 1.03 bits per heavy atom. The van der Waals surface area contributed by atoms with Crippen molar-refractivity contribution in [3.8, 4) is 0 Å². The number of nitrogens with one attached hydrogen (secondary N) is 1. The number of hydrogen-bond acceptors (Lipinski definition) is 4. The number of aliphatic imine (C=N–C) groups is 1. The van der Waals surface area contributed by atoms with E-state index >= 15 is 0 Å². The number of carbonyl (C=O) groups excluding carboxylic acids is 1. The van der Waals surface area contributed by atoms with E-state index < -0.39 is 0 Å². The van der Waals surface area contributed by atoms with Crippen LogP contribution < -0.4 is 11.1 Å². The molecule has 0 bridgehead atoms. The Labute approximate surface area is 233 Å². The van der Waals surface area contributed by atoms with Crippen LogP contribution in [0.2, 0.25) is 0 Å². The summed E-state index contributed by atoms with van der Waals surface area (Å²) in [7, 11) is 0. The number of para-hydroxylation sites is 2. The summed E-state index contributed by atoms with van der Waals surface area (Å²) in [6.45, 7) is 15.7. The molecule has 0 aliphatic heterocycles. The maximum Gasteiger partial charge on any atom is 0.325 e. The number of rotatable bonds is 3. The smallest absolute Gasteiger partial charge is 0.325 e. The molecule has 1 aromatic heterocycles. The molecule has 1 aliphatic rings. The fourth-order valence-corrected chi connectivity index (χ4v) is 2.87. The standard InChI is InChI=1S/C22H18N4O2.C4H10.C4H8.C3H6/c23-21(26-22-24-18-11-4-5-12-19(18)28-22)25-20(27)17-10-6-9-16(13-14-17)15-7-2-1-3-8-15;1-4(2)3;1-3-4-2;1-3-2/h1-8,10-14H,9H2,(H3,23,24,25,26,27);4H,1-3H3;3-4H,1-2H3;3H,1H2,2H3/b;;4-3-;. The topological polar surface area (TPSA) is 93.5 Å². The van der Waals surface area contributed by atoms with Crippen LogP contribution in [0.25, 0.3) is 16.7 Å². The predicted octanol–water partition coefficient (Wildman–Crippen LogP) is 8.30. The lowest BCUT2D eigenvalue weighted by molar-refractivity contribution is -0.115. The molecule has 206 valence electrons. The van der Waals surface area contributed by atoms with Crippen molar-refractivity contribution < 1.29 is 9.21 Å². The van der Waals surface area contributed by atoms with Gasteiger partial charge in [0.2, 0.25) is 5.96 Å². The highest BCUT2D eigenvalue weighted by atomic mass is 16.4. The molecule has 3 N–H and O–H groups in total. The summed E-state index contributed by atoms with van der Waals surface area (Å²) in [5.41, 5.74) is 9.87. The number of fused-ring (bicyclic) bond motifs is 1. The monoisotopic (exact) mass is 526 g/mol. The number of guanidine groups is 1. The third-order valence-electron chi connectivity index (χ3n) is 4.58. The van der Waals surface area contributed by atoms with Crippen LogP contribution in [0.15, 0.2) is 119 Å². The molecule has 2 aromatic carbocycles. The van der Waals surface area contributed by atoms with Crippen LogP contribution in [0, 0.1) is 5.92 Å². The number of amides is 1. The van der Waals surface area contributed by atoms with Gasteiger partial charge in [0.15, 0.2) is 5.58 Å². The van der Waals surface area contributed by atoms with Crippen molar-refractivity contribution in [1.82, 2.24) is 10.3 Å². The Morgan fingerprint density at radius 2 is 1.62 bits per heavy atom. The van der Waals surface area contributed by atoms with Gasteiger partial charge in [-0.1, -0.05) is 99.7 Å². The third-order valence-corrected chi connectivity index (χ3v) is 4.58. The minimum absolute atomic E-state index is 0.0811. The largest absolute Gasteiger partial charge is 0.422 e. The molecular formula is C33H42N4O2. The number of carbonyl (C=O) groups is 1. The first-order valence-electron chi connectivity index (χ1n) is 13.0. The van der Waals surface area contributed by atoms with E-state index in [1.165, 1.54) is 0 Å². The molecule has 0 spiro atoms. The van der Waals surface area contributed by atoms with Crippen LogP contribution in [-0.2, 0) is 4.79 Å². The number of nitrogens with two attached hydrogens (primary N) is 1. The summed E-state index contributed by atoms with van der Waals surface area (Å²) in [5, 5.41) is 2.56. The second-order valence-corrected chi connectivity index (χ2v) is 9.01. The van der Waals surface area contributed by atoms with E-state index in [-0.39, 0.29) is 17.9 Å². The molecule has 6 heteroatoms. The van der Waals surface area contributed by atoms with E-state index in [1.807, 2.05) is 93.6 Å². The number of oxazole rings is 1. The van der Waals surface area contributed by atoms with Gasteiger partial charge in [0.05, 0.1) is 0 Å².